The standard InChI is InChI=1S/C10H19NO3/c1-10(2)7-11(9(13)6-12)5-4-8(10)14-3/h8,12H,4-7H2,1-3H3/t8-/m1/s1. The van der Waals surface area contributed by atoms with E-state index < -0.39 is 6.61 Å². The molecule has 1 fully saturated rings. The summed E-state index contributed by atoms with van der Waals surface area (Å²) in [5, 5.41) is 8.76. The zero-order valence-electron chi connectivity index (χ0n) is 9.12. The molecule has 82 valence electrons. The van der Waals surface area contributed by atoms with Gasteiger partial charge in [0.15, 0.2) is 0 Å². The van der Waals surface area contributed by atoms with Crippen molar-refractivity contribution in [1.29, 1.82) is 0 Å². The SMILES string of the molecule is CO[C@@H]1CCN(C(=O)CO)CC1(C)C. The smallest absolute Gasteiger partial charge is 0.248 e. The quantitative estimate of drug-likeness (QED) is 0.697. The Kier molecular flexibility index (Phi) is 3.50. The van der Waals surface area contributed by atoms with E-state index in [0.29, 0.717) is 13.1 Å². The maximum Gasteiger partial charge on any atom is 0.248 e. The minimum absolute atomic E-state index is 0.0299. The van der Waals surface area contributed by atoms with E-state index in [4.69, 9.17) is 9.84 Å². The fraction of sp³-hybridized carbons (Fsp3) is 0.900. The summed E-state index contributed by atoms with van der Waals surface area (Å²) in [5.74, 6) is -0.187. The first-order valence-corrected chi connectivity index (χ1v) is 4.92. The van der Waals surface area contributed by atoms with E-state index in [-0.39, 0.29) is 17.4 Å². The van der Waals surface area contributed by atoms with Crippen LogP contribution >= 0.6 is 0 Å². The fourth-order valence-corrected chi connectivity index (χ4v) is 2.09. The van der Waals surface area contributed by atoms with Gasteiger partial charge in [0.1, 0.15) is 6.61 Å². The van der Waals surface area contributed by atoms with E-state index in [2.05, 4.69) is 13.8 Å². The number of carbonyl (C=O) groups is 1. The molecule has 14 heavy (non-hydrogen) atoms. The second-order valence-electron chi connectivity index (χ2n) is 4.48. The monoisotopic (exact) mass is 201 g/mol. The highest BCUT2D eigenvalue weighted by molar-refractivity contribution is 5.77. The van der Waals surface area contributed by atoms with E-state index >= 15 is 0 Å². The summed E-state index contributed by atoms with van der Waals surface area (Å²) >= 11 is 0. The van der Waals surface area contributed by atoms with Crippen molar-refractivity contribution in [3.8, 4) is 0 Å². The topological polar surface area (TPSA) is 49.8 Å². The van der Waals surface area contributed by atoms with Crippen molar-refractivity contribution in [2.45, 2.75) is 26.4 Å². The lowest BCUT2D eigenvalue weighted by molar-refractivity contribution is -0.142. The molecule has 1 aliphatic heterocycles. The van der Waals surface area contributed by atoms with Gasteiger partial charge in [-0.05, 0) is 6.42 Å². The highest BCUT2D eigenvalue weighted by atomic mass is 16.5. The predicted octanol–water partition coefficient (Wildman–Crippen LogP) is 0.252. The second-order valence-corrected chi connectivity index (χ2v) is 4.48. The van der Waals surface area contributed by atoms with Crippen molar-refractivity contribution in [3.63, 3.8) is 0 Å². The number of nitrogens with zero attached hydrogens (tertiary/aromatic N) is 1. The molecular weight excluding hydrogens is 182 g/mol. The Morgan fingerprint density at radius 1 is 1.64 bits per heavy atom. The second kappa shape index (κ2) is 4.28. The van der Waals surface area contributed by atoms with Crippen LogP contribution in [0.1, 0.15) is 20.3 Å². The number of hydrogen-bond donors (Lipinski definition) is 1. The van der Waals surface area contributed by atoms with E-state index in [0.717, 1.165) is 6.42 Å². The molecule has 1 rings (SSSR count). The van der Waals surface area contributed by atoms with Gasteiger partial charge < -0.3 is 14.7 Å². The van der Waals surface area contributed by atoms with Gasteiger partial charge in [-0.15, -0.1) is 0 Å². The van der Waals surface area contributed by atoms with Gasteiger partial charge in [0.05, 0.1) is 6.10 Å². The molecule has 0 aromatic heterocycles. The highest BCUT2D eigenvalue weighted by Crippen LogP contribution is 2.31. The third-order valence-electron chi connectivity index (χ3n) is 2.90. The number of rotatable bonds is 2. The molecule has 0 saturated carbocycles. The maximum atomic E-state index is 11.3. The number of likely N-dealkylation sites (tertiary alicyclic amines) is 1. The first kappa shape index (κ1) is 11.5. The predicted molar refractivity (Wildman–Crippen MR) is 52.9 cm³/mol. The summed E-state index contributed by atoms with van der Waals surface area (Å²) in [6.07, 6.45) is 1.04. The van der Waals surface area contributed by atoms with Crippen LogP contribution in [0.5, 0.6) is 0 Å². The Balaban J connectivity index is 2.62. The molecule has 0 aromatic rings. The Hall–Kier alpha value is -0.610. The molecule has 1 saturated heterocycles. The Morgan fingerprint density at radius 3 is 2.71 bits per heavy atom. The van der Waals surface area contributed by atoms with Crippen LogP contribution in [0.3, 0.4) is 0 Å². The van der Waals surface area contributed by atoms with Crippen molar-refractivity contribution in [1.82, 2.24) is 4.90 Å². The van der Waals surface area contributed by atoms with Crippen LogP contribution in [0, 0.1) is 5.41 Å². The molecule has 0 bridgehead atoms. The normalized spacial score (nSPS) is 26.3. The number of methoxy groups -OCH3 is 1. The minimum atomic E-state index is -0.395. The van der Waals surface area contributed by atoms with Crippen LogP contribution in [0.25, 0.3) is 0 Å². The summed E-state index contributed by atoms with van der Waals surface area (Å²) in [6.45, 7) is 5.11. The zero-order chi connectivity index (χ0) is 10.8. The van der Waals surface area contributed by atoms with E-state index in [1.807, 2.05) is 0 Å². The molecule has 0 spiro atoms. The lowest BCUT2D eigenvalue weighted by atomic mass is 9.81. The van der Waals surface area contributed by atoms with Crippen LogP contribution in [0.4, 0.5) is 0 Å². The zero-order valence-corrected chi connectivity index (χ0v) is 9.12. The van der Waals surface area contributed by atoms with Gasteiger partial charge in [-0.3, -0.25) is 4.79 Å². The van der Waals surface area contributed by atoms with Gasteiger partial charge in [0.25, 0.3) is 0 Å². The third-order valence-corrected chi connectivity index (χ3v) is 2.90. The average molecular weight is 201 g/mol. The molecular formula is C10H19NO3. The number of carbonyl (C=O) groups excluding carboxylic acids is 1. The Morgan fingerprint density at radius 2 is 2.29 bits per heavy atom. The van der Waals surface area contributed by atoms with Crippen molar-refractivity contribution >= 4 is 5.91 Å². The molecule has 0 aliphatic carbocycles. The van der Waals surface area contributed by atoms with Gasteiger partial charge >= 0.3 is 0 Å². The largest absolute Gasteiger partial charge is 0.387 e. The lowest BCUT2D eigenvalue weighted by Crippen LogP contribution is -2.51. The first-order valence-electron chi connectivity index (χ1n) is 4.92. The number of ether oxygens (including phenoxy) is 1. The van der Waals surface area contributed by atoms with Crippen molar-refractivity contribution in [3.05, 3.63) is 0 Å². The molecule has 4 nitrogen and oxygen atoms in total. The van der Waals surface area contributed by atoms with Gasteiger partial charge in [-0.25, -0.2) is 0 Å². The number of amides is 1. The Labute approximate surface area is 84.8 Å². The molecule has 0 radical (unpaired) electrons. The lowest BCUT2D eigenvalue weighted by Gasteiger charge is -2.43. The van der Waals surface area contributed by atoms with Crippen molar-refractivity contribution < 1.29 is 14.6 Å². The first-order chi connectivity index (χ1) is 6.51. The van der Waals surface area contributed by atoms with E-state index in [1.165, 1.54) is 0 Å². The summed E-state index contributed by atoms with van der Waals surface area (Å²) < 4.78 is 5.37. The Bertz CT molecular complexity index is 215. The van der Waals surface area contributed by atoms with E-state index in [9.17, 15) is 4.79 Å². The molecule has 1 N–H and O–H groups in total. The molecule has 0 unspecified atom stereocenters. The van der Waals surface area contributed by atoms with Crippen LogP contribution < -0.4 is 0 Å². The molecule has 0 aromatic carbocycles. The minimum Gasteiger partial charge on any atom is -0.387 e. The fourth-order valence-electron chi connectivity index (χ4n) is 2.09. The molecule has 1 atom stereocenters. The van der Waals surface area contributed by atoms with Crippen LogP contribution in [0.15, 0.2) is 0 Å². The number of piperidine rings is 1. The average Bonchev–Trinajstić information content (AvgIpc) is 2.15. The van der Waals surface area contributed by atoms with Gasteiger partial charge in [0, 0.05) is 25.6 Å². The molecule has 1 aliphatic rings. The van der Waals surface area contributed by atoms with Crippen LogP contribution in [0.2, 0.25) is 0 Å². The molecule has 1 amide bonds. The molecule has 1 heterocycles. The highest BCUT2D eigenvalue weighted by Gasteiger charge is 2.37. The summed E-state index contributed by atoms with van der Waals surface area (Å²) in [5.41, 5.74) is -0.0299. The molecule has 4 heteroatoms. The number of aliphatic hydroxyl groups is 1. The van der Waals surface area contributed by atoms with Crippen LogP contribution in [-0.4, -0.2) is 48.8 Å². The van der Waals surface area contributed by atoms with Gasteiger partial charge in [-0.2, -0.15) is 0 Å². The summed E-state index contributed by atoms with van der Waals surface area (Å²) in [6, 6.07) is 0. The van der Waals surface area contributed by atoms with Crippen LogP contribution in [-0.2, 0) is 9.53 Å². The number of hydrogen-bond acceptors (Lipinski definition) is 3. The van der Waals surface area contributed by atoms with Crippen molar-refractivity contribution in [2.24, 2.45) is 5.41 Å². The van der Waals surface area contributed by atoms with Gasteiger partial charge in [0.2, 0.25) is 5.91 Å². The third kappa shape index (κ3) is 2.25. The van der Waals surface area contributed by atoms with E-state index in [1.54, 1.807) is 12.0 Å². The van der Waals surface area contributed by atoms with Crippen molar-refractivity contribution in [2.75, 3.05) is 26.8 Å². The number of aliphatic hydroxyl groups excluding tert-OH is 1. The van der Waals surface area contributed by atoms with Gasteiger partial charge in [-0.1, -0.05) is 13.8 Å². The summed E-state index contributed by atoms with van der Waals surface area (Å²) in [7, 11) is 1.70. The maximum absolute atomic E-state index is 11.3. The summed E-state index contributed by atoms with van der Waals surface area (Å²) in [4.78, 5) is 13.0.